The van der Waals surface area contributed by atoms with E-state index >= 15 is 0 Å². The molecule has 112 valence electrons. The first kappa shape index (κ1) is 14.3. The summed E-state index contributed by atoms with van der Waals surface area (Å²) in [7, 11) is 3.22. The Morgan fingerprint density at radius 1 is 1.33 bits per heavy atom. The van der Waals surface area contributed by atoms with Crippen molar-refractivity contribution >= 4 is 21.9 Å². The maximum Gasteiger partial charge on any atom is 0.351 e. The van der Waals surface area contributed by atoms with E-state index in [1.807, 2.05) is 17.0 Å². The van der Waals surface area contributed by atoms with Crippen molar-refractivity contribution in [1.82, 2.24) is 4.90 Å². The lowest BCUT2D eigenvalue weighted by atomic mass is 9.92. The third-order valence-corrected chi connectivity index (χ3v) is 4.83. The van der Waals surface area contributed by atoms with Gasteiger partial charge in [-0.25, -0.2) is 4.79 Å². The van der Waals surface area contributed by atoms with Crippen LogP contribution in [-0.4, -0.2) is 41.6 Å². The predicted molar refractivity (Wildman–Crippen MR) is 81.1 cm³/mol. The molecule has 0 saturated carbocycles. The number of carbonyl (C=O) groups is 1. The first-order valence-corrected chi connectivity index (χ1v) is 7.59. The average molecular weight is 354 g/mol. The molecule has 5 nitrogen and oxygen atoms in total. The van der Waals surface area contributed by atoms with Gasteiger partial charge in [0.05, 0.1) is 25.1 Å². The number of ether oxygens (including phenoxy) is 2. The van der Waals surface area contributed by atoms with Crippen molar-refractivity contribution in [2.75, 3.05) is 20.8 Å². The number of methoxy groups -OCH3 is 2. The Hall–Kier alpha value is -1.69. The van der Waals surface area contributed by atoms with Crippen molar-refractivity contribution in [3.05, 3.63) is 35.0 Å². The summed E-state index contributed by atoms with van der Waals surface area (Å²) in [4.78, 5) is 13.3. The molecule has 0 amide bonds. The minimum Gasteiger partial charge on any atom is -0.493 e. The zero-order chi connectivity index (χ0) is 15.1. The summed E-state index contributed by atoms with van der Waals surface area (Å²) in [5, 5.41) is 9.33. The molecule has 1 N–H and O–H groups in total. The molecule has 21 heavy (non-hydrogen) atoms. The van der Waals surface area contributed by atoms with Crippen LogP contribution >= 0.6 is 15.9 Å². The second kappa shape index (κ2) is 5.26. The average Bonchev–Trinajstić information content (AvgIpc) is 2.83. The molecule has 0 radical (unpaired) electrons. The van der Waals surface area contributed by atoms with Gasteiger partial charge in [-0.2, -0.15) is 0 Å². The smallest absolute Gasteiger partial charge is 0.351 e. The highest BCUT2D eigenvalue weighted by Crippen LogP contribution is 2.46. The summed E-state index contributed by atoms with van der Waals surface area (Å²) in [5.74, 6) is 0.493. The van der Waals surface area contributed by atoms with Crippen molar-refractivity contribution in [2.45, 2.75) is 17.3 Å². The van der Waals surface area contributed by atoms with E-state index in [0.717, 1.165) is 12.0 Å². The molecule has 2 aliphatic rings. The van der Waals surface area contributed by atoms with E-state index in [0.29, 0.717) is 23.7 Å². The van der Waals surface area contributed by atoms with Gasteiger partial charge in [0.25, 0.3) is 0 Å². The topological polar surface area (TPSA) is 59.0 Å². The minimum atomic E-state index is -0.883. The zero-order valence-electron chi connectivity index (χ0n) is 11.8. The molecule has 0 fully saturated rings. The molecule has 2 heterocycles. The summed E-state index contributed by atoms with van der Waals surface area (Å²) in [6.45, 7) is 0.688. The van der Waals surface area contributed by atoms with Gasteiger partial charge in [0.15, 0.2) is 11.5 Å². The van der Waals surface area contributed by atoms with Crippen molar-refractivity contribution in [2.24, 2.45) is 0 Å². The number of alkyl halides is 1. The molecule has 2 unspecified atom stereocenters. The fourth-order valence-corrected chi connectivity index (χ4v) is 3.94. The molecule has 0 aromatic heterocycles. The largest absolute Gasteiger partial charge is 0.493 e. The third-order valence-electron chi connectivity index (χ3n) is 4.07. The molecule has 2 aliphatic heterocycles. The summed E-state index contributed by atoms with van der Waals surface area (Å²) in [6.07, 6.45) is 2.55. The van der Waals surface area contributed by atoms with Crippen LogP contribution in [0.15, 0.2) is 23.9 Å². The molecule has 0 bridgehead atoms. The van der Waals surface area contributed by atoms with Crippen molar-refractivity contribution in [1.29, 1.82) is 0 Å². The first-order valence-electron chi connectivity index (χ1n) is 6.67. The summed E-state index contributed by atoms with van der Waals surface area (Å²) >= 11 is 3.59. The molecule has 0 spiro atoms. The Kier molecular flexibility index (Phi) is 3.57. The number of hydrogen-bond acceptors (Lipinski definition) is 4. The van der Waals surface area contributed by atoms with Crippen molar-refractivity contribution in [3.8, 4) is 11.5 Å². The van der Waals surface area contributed by atoms with Crippen LogP contribution in [0.3, 0.4) is 0 Å². The van der Waals surface area contributed by atoms with Gasteiger partial charge < -0.3 is 19.5 Å². The van der Waals surface area contributed by atoms with Crippen LogP contribution in [0.4, 0.5) is 0 Å². The third kappa shape index (κ3) is 2.18. The molecule has 0 saturated heterocycles. The van der Waals surface area contributed by atoms with Crippen LogP contribution in [0.25, 0.3) is 0 Å². The lowest BCUT2D eigenvalue weighted by Gasteiger charge is -2.36. The second-order valence-corrected chi connectivity index (χ2v) is 6.15. The maximum atomic E-state index is 11.4. The lowest BCUT2D eigenvalue weighted by molar-refractivity contribution is -0.134. The van der Waals surface area contributed by atoms with E-state index in [1.165, 1.54) is 5.56 Å². The molecule has 3 rings (SSSR count). The van der Waals surface area contributed by atoms with Crippen LogP contribution in [0, 0.1) is 0 Å². The number of halogens is 1. The number of carboxylic acid groups (broad SMARTS) is 1. The number of carboxylic acids is 1. The van der Waals surface area contributed by atoms with Gasteiger partial charge in [0, 0.05) is 6.54 Å². The Labute approximate surface area is 131 Å². The van der Waals surface area contributed by atoms with Crippen LogP contribution in [0.5, 0.6) is 11.5 Å². The van der Waals surface area contributed by atoms with E-state index in [2.05, 4.69) is 15.9 Å². The highest BCUT2D eigenvalue weighted by atomic mass is 79.9. The Morgan fingerprint density at radius 3 is 2.62 bits per heavy atom. The zero-order valence-corrected chi connectivity index (χ0v) is 13.4. The molecule has 6 heteroatoms. The SMILES string of the molecule is COc1cc2c(cc1OC)C1C(Br)C=C(C(=O)O)N1CC2. The summed E-state index contributed by atoms with van der Waals surface area (Å²) in [5.41, 5.74) is 2.63. The van der Waals surface area contributed by atoms with Crippen LogP contribution in [0.2, 0.25) is 0 Å². The molecular formula is C15H16BrNO4. The van der Waals surface area contributed by atoms with Gasteiger partial charge >= 0.3 is 5.97 Å². The Morgan fingerprint density at radius 2 is 2.00 bits per heavy atom. The van der Waals surface area contributed by atoms with E-state index in [1.54, 1.807) is 20.3 Å². The normalized spacial score (nSPS) is 23.2. The van der Waals surface area contributed by atoms with Crippen LogP contribution < -0.4 is 9.47 Å². The van der Waals surface area contributed by atoms with Gasteiger partial charge in [0.2, 0.25) is 0 Å². The van der Waals surface area contributed by atoms with Crippen molar-refractivity contribution in [3.63, 3.8) is 0 Å². The maximum absolute atomic E-state index is 11.4. The molecular weight excluding hydrogens is 338 g/mol. The summed E-state index contributed by atoms with van der Waals surface area (Å²) < 4.78 is 10.7. The molecule has 0 aliphatic carbocycles. The highest BCUT2D eigenvalue weighted by Gasteiger charge is 2.40. The number of nitrogens with zero attached hydrogens (tertiary/aromatic N) is 1. The van der Waals surface area contributed by atoms with E-state index < -0.39 is 5.97 Å². The Bertz CT molecular complexity index is 628. The quantitative estimate of drug-likeness (QED) is 0.845. The van der Waals surface area contributed by atoms with Crippen molar-refractivity contribution < 1.29 is 19.4 Å². The van der Waals surface area contributed by atoms with Gasteiger partial charge in [-0.05, 0) is 35.8 Å². The highest BCUT2D eigenvalue weighted by molar-refractivity contribution is 9.09. The number of benzene rings is 1. The molecule has 2 atom stereocenters. The van der Waals surface area contributed by atoms with Gasteiger partial charge in [0.1, 0.15) is 5.70 Å². The minimum absolute atomic E-state index is 0.0142. The molecule has 1 aromatic rings. The first-order chi connectivity index (χ1) is 10.1. The van der Waals surface area contributed by atoms with Gasteiger partial charge in [-0.3, -0.25) is 0 Å². The second-order valence-electron chi connectivity index (χ2n) is 5.10. The lowest BCUT2D eigenvalue weighted by Crippen LogP contribution is -2.35. The number of rotatable bonds is 3. The van der Waals surface area contributed by atoms with Crippen LogP contribution in [0.1, 0.15) is 17.2 Å². The summed E-state index contributed by atoms with van der Waals surface area (Å²) in [6, 6.07) is 3.93. The van der Waals surface area contributed by atoms with Gasteiger partial charge in [-0.15, -0.1) is 0 Å². The number of hydrogen-bond donors (Lipinski definition) is 1. The predicted octanol–water partition coefficient (Wildman–Crippen LogP) is 2.35. The fourth-order valence-electron chi connectivity index (χ4n) is 3.12. The Balaban J connectivity index is 2.06. The number of fused-ring (bicyclic) bond motifs is 3. The molecule has 1 aromatic carbocycles. The van der Waals surface area contributed by atoms with Gasteiger partial charge in [-0.1, -0.05) is 15.9 Å². The standard InChI is InChI=1S/C15H16BrNO4/c1-20-12-5-8-3-4-17-11(15(18)19)7-10(16)14(17)9(8)6-13(12)21-2/h5-7,10,14H,3-4H2,1-2H3,(H,18,19). The fraction of sp³-hybridized carbons (Fsp3) is 0.400. The van der Waals surface area contributed by atoms with Crippen LogP contribution in [-0.2, 0) is 11.2 Å². The number of aliphatic carboxylic acids is 1. The monoisotopic (exact) mass is 353 g/mol. The van der Waals surface area contributed by atoms with E-state index in [4.69, 9.17) is 9.47 Å². The van der Waals surface area contributed by atoms with E-state index in [-0.39, 0.29) is 10.9 Å². The van der Waals surface area contributed by atoms with E-state index in [9.17, 15) is 9.90 Å².